The minimum Gasteiger partial charge on any atom is -0.465 e. The molecule has 0 saturated carbocycles. The second kappa shape index (κ2) is 6.18. The van der Waals surface area contributed by atoms with E-state index in [2.05, 4.69) is 11.9 Å². The SMILES string of the molecule is CCCC(C)=Nc1cc(C(=O)OC)ccc1C. The van der Waals surface area contributed by atoms with Crippen molar-refractivity contribution in [1.82, 2.24) is 0 Å². The summed E-state index contributed by atoms with van der Waals surface area (Å²) in [5.74, 6) is -0.324. The Bertz CT molecular complexity index is 436. The number of hydrogen-bond donors (Lipinski definition) is 0. The third-order valence-electron chi connectivity index (χ3n) is 2.55. The van der Waals surface area contributed by atoms with E-state index in [1.54, 1.807) is 12.1 Å². The molecule has 3 nitrogen and oxygen atoms in total. The number of methoxy groups -OCH3 is 1. The second-order valence-electron chi connectivity index (χ2n) is 4.09. The molecule has 1 aromatic carbocycles. The van der Waals surface area contributed by atoms with Crippen molar-refractivity contribution in [2.75, 3.05) is 7.11 Å². The Labute approximate surface area is 103 Å². The molecule has 0 aliphatic heterocycles. The summed E-state index contributed by atoms with van der Waals surface area (Å²) in [5, 5.41) is 0. The van der Waals surface area contributed by atoms with Crippen LogP contribution in [0.2, 0.25) is 0 Å². The number of ether oxygens (including phenoxy) is 1. The molecule has 0 saturated heterocycles. The monoisotopic (exact) mass is 233 g/mol. The quantitative estimate of drug-likeness (QED) is 0.588. The molecule has 0 aliphatic rings. The molecule has 0 atom stereocenters. The van der Waals surface area contributed by atoms with E-state index >= 15 is 0 Å². The van der Waals surface area contributed by atoms with Crippen LogP contribution in [-0.4, -0.2) is 18.8 Å². The third kappa shape index (κ3) is 3.70. The van der Waals surface area contributed by atoms with Crippen molar-refractivity contribution in [3.8, 4) is 0 Å². The molecule has 92 valence electrons. The Kier molecular flexibility index (Phi) is 4.88. The predicted octanol–water partition coefficient (Wildman–Crippen LogP) is 3.67. The smallest absolute Gasteiger partial charge is 0.337 e. The largest absolute Gasteiger partial charge is 0.465 e. The second-order valence-corrected chi connectivity index (χ2v) is 4.09. The van der Waals surface area contributed by atoms with Crippen LogP contribution in [-0.2, 0) is 4.74 Å². The van der Waals surface area contributed by atoms with Gasteiger partial charge in [0.1, 0.15) is 0 Å². The highest BCUT2D eigenvalue weighted by atomic mass is 16.5. The number of carbonyl (C=O) groups is 1. The van der Waals surface area contributed by atoms with Crippen LogP contribution in [0.25, 0.3) is 0 Å². The molecule has 1 rings (SSSR count). The summed E-state index contributed by atoms with van der Waals surface area (Å²) in [5.41, 5.74) is 3.53. The van der Waals surface area contributed by atoms with Gasteiger partial charge in [0, 0.05) is 5.71 Å². The molecule has 1 aromatic rings. The number of rotatable bonds is 4. The molecule has 0 radical (unpaired) electrons. The van der Waals surface area contributed by atoms with Gasteiger partial charge in [0.2, 0.25) is 0 Å². The Morgan fingerprint density at radius 2 is 2.12 bits per heavy atom. The minimum absolute atomic E-state index is 0.324. The van der Waals surface area contributed by atoms with E-state index in [-0.39, 0.29) is 5.97 Å². The van der Waals surface area contributed by atoms with Crippen LogP contribution in [0.1, 0.15) is 42.6 Å². The molecule has 0 N–H and O–H groups in total. The Morgan fingerprint density at radius 3 is 2.71 bits per heavy atom. The van der Waals surface area contributed by atoms with Crippen molar-refractivity contribution in [2.45, 2.75) is 33.6 Å². The zero-order valence-corrected chi connectivity index (χ0v) is 10.9. The lowest BCUT2D eigenvalue weighted by Gasteiger charge is -2.05. The summed E-state index contributed by atoms with van der Waals surface area (Å²) in [4.78, 5) is 16.0. The fraction of sp³-hybridized carbons (Fsp3) is 0.429. The lowest BCUT2D eigenvalue weighted by Crippen LogP contribution is -2.01. The number of hydrogen-bond acceptors (Lipinski definition) is 3. The number of benzene rings is 1. The predicted molar refractivity (Wildman–Crippen MR) is 70.2 cm³/mol. The van der Waals surface area contributed by atoms with Crippen LogP contribution in [0, 0.1) is 6.92 Å². The van der Waals surface area contributed by atoms with Crippen LogP contribution in [0.5, 0.6) is 0 Å². The molecular formula is C14H19NO2. The first-order chi connectivity index (χ1) is 8.08. The van der Waals surface area contributed by atoms with Gasteiger partial charge in [-0.25, -0.2) is 4.79 Å². The highest BCUT2D eigenvalue weighted by Crippen LogP contribution is 2.21. The van der Waals surface area contributed by atoms with Crippen molar-refractivity contribution in [3.05, 3.63) is 29.3 Å². The molecule has 17 heavy (non-hydrogen) atoms. The number of aliphatic imine (C=N–C) groups is 1. The molecule has 0 bridgehead atoms. The maximum Gasteiger partial charge on any atom is 0.337 e. The van der Waals surface area contributed by atoms with Gasteiger partial charge in [-0.15, -0.1) is 0 Å². The average Bonchev–Trinajstić information content (AvgIpc) is 2.31. The van der Waals surface area contributed by atoms with Gasteiger partial charge in [-0.2, -0.15) is 0 Å². The Morgan fingerprint density at radius 1 is 1.41 bits per heavy atom. The van der Waals surface area contributed by atoms with Crippen LogP contribution < -0.4 is 0 Å². The van der Waals surface area contributed by atoms with Crippen LogP contribution in [0.15, 0.2) is 23.2 Å². The molecule has 0 heterocycles. The summed E-state index contributed by atoms with van der Waals surface area (Å²) in [6.07, 6.45) is 2.05. The van der Waals surface area contributed by atoms with Gasteiger partial charge < -0.3 is 4.74 Å². The fourth-order valence-electron chi connectivity index (χ4n) is 1.60. The van der Waals surface area contributed by atoms with E-state index in [4.69, 9.17) is 4.74 Å². The first-order valence-corrected chi connectivity index (χ1v) is 5.81. The molecule has 0 amide bonds. The minimum atomic E-state index is -0.324. The summed E-state index contributed by atoms with van der Waals surface area (Å²) in [7, 11) is 1.38. The average molecular weight is 233 g/mol. The van der Waals surface area contributed by atoms with Gasteiger partial charge in [-0.05, 0) is 38.0 Å². The Balaban J connectivity index is 3.06. The number of nitrogens with zero attached hydrogens (tertiary/aromatic N) is 1. The normalized spacial score (nSPS) is 11.4. The van der Waals surface area contributed by atoms with Gasteiger partial charge in [0.05, 0.1) is 18.4 Å². The zero-order chi connectivity index (χ0) is 12.8. The standard InChI is InChI=1S/C14H19NO2/c1-5-6-11(3)15-13-9-12(14(16)17-4)8-7-10(13)2/h7-9H,5-6H2,1-4H3. The summed E-state index contributed by atoms with van der Waals surface area (Å²) in [6.45, 7) is 6.11. The van der Waals surface area contributed by atoms with Crippen molar-refractivity contribution in [1.29, 1.82) is 0 Å². The molecule has 0 unspecified atom stereocenters. The van der Waals surface area contributed by atoms with E-state index in [1.165, 1.54) is 7.11 Å². The van der Waals surface area contributed by atoms with Crippen molar-refractivity contribution in [2.24, 2.45) is 4.99 Å². The number of esters is 1. The molecule has 0 spiro atoms. The van der Waals surface area contributed by atoms with Gasteiger partial charge >= 0.3 is 5.97 Å². The number of carbonyl (C=O) groups excluding carboxylic acids is 1. The lowest BCUT2D eigenvalue weighted by atomic mass is 10.1. The highest BCUT2D eigenvalue weighted by Gasteiger charge is 2.07. The van der Waals surface area contributed by atoms with E-state index in [0.29, 0.717) is 5.56 Å². The molecular weight excluding hydrogens is 214 g/mol. The molecule has 0 aliphatic carbocycles. The summed E-state index contributed by atoms with van der Waals surface area (Å²) >= 11 is 0. The van der Waals surface area contributed by atoms with Gasteiger partial charge in [0.15, 0.2) is 0 Å². The summed E-state index contributed by atoms with van der Waals surface area (Å²) < 4.78 is 4.70. The molecule has 0 fully saturated rings. The van der Waals surface area contributed by atoms with Crippen LogP contribution in [0.4, 0.5) is 5.69 Å². The van der Waals surface area contributed by atoms with Crippen molar-refractivity contribution < 1.29 is 9.53 Å². The molecule has 3 heteroatoms. The lowest BCUT2D eigenvalue weighted by molar-refractivity contribution is 0.0601. The van der Waals surface area contributed by atoms with Crippen molar-refractivity contribution in [3.63, 3.8) is 0 Å². The highest BCUT2D eigenvalue weighted by molar-refractivity contribution is 5.91. The fourth-order valence-corrected chi connectivity index (χ4v) is 1.60. The first-order valence-electron chi connectivity index (χ1n) is 5.81. The van der Waals surface area contributed by atoms with Gasteiger partial charge in [-0.3, -0.25) is 4.99 Å². The van der Waals surface area contributed by atoms with Crippen LogP contribution >= 0.6 is 0 Å². The Hall–Kier alpha value is -1.64. The van der Waals surface area contributed by atoms with Crippen LogP contribution in [0.3, 0.4) is 0 Å². The van der Waals surface area contributed by atoms with Crippen molar-refractivity contribution >= 4 is 17.4 Å². The van der Waals surface area contributed by atoms with E-state index in [1.807, 2.05) is 19.9 Å². The molecule has 0 aromatic heterocycles. The third-order valence-corrected chi connectivity index (χ3v) is 2.55. The summed E-state index contributed by atoms with van der Waals surface area (Å²) in [6, 6.07) is 5.43. The number of aryl methyl sites for hydroxylation is 1. The van der Waals surface area contributed by atoms with E-state index < -0.39 is 0 Å². The van der Waals surface area contributed by atoms with Gasteiger partial charge in [0.25, 0.3) is 0 Å². The van der Waals surface area contributed by atoms with E-state index in [0.717, 1.165) is 29.8 Å². The maximum absolute atomic E-state index is 11.4. The van der Waals surface area contributed by atoms with Gasteiger partial charge in [-0.1, -0.05) is 19.4 Å². The topological polar surface area (TPSA) is 38.7 Å². The first kappa shape index (κ1) is 13.4. The van der Waals surface area contributed by atoms with E-state index in [9.17, 15) is 4.79 Å². The maximum atomic E-state index is 11.4. The zero-order valence-electron chi connectivity index (χ0n) is 10.9.